The molecule has 0 radical (unpaired) electrons. The van der Waals surface area contributed by atoms with Crippen molar-refractivity contribution in [1.29, 1.82) is 0 Å². The molecule has 7 heteroatoms. The predicted molar refractivity (Wildman–Crippen MR) is 86.1 cm³/mol. The fraction of sp³-hybridized carbons (Fsp3) is 0.0714. The fourth-order valence-electron chi connectivity index (χ4n) is 1.80. The van der Waals surface area contributed by atoms with Crippen molar-refractivity contribution in [3.8, 4) is 0 Å². The van der Waals surface area contributed by atoms with Crippen LogP contribution in [-0.2, 0) is 0 Å². The van der Waals surface area contributed by atoms with Gasteiger partial charge in [-0.2, -0.15) is 10.1 Å². The number of nitrogens with one attached hydrogen (secondary N) is 3. The van der Waals surface area contributed by atoms with Crippen LogP contribution in [0.5, 0.6) is 0 Å². The van der Waals surface area contributed by atoms with Gasteiger partial charge in [0.2, 0.25) is 5.95 Å². The molecule has 0 aliphatic heterocycles. The van der Waals surface area contributed by atoms with E-state index in [1.165, 1.54) is 0 Å². The van der Waals surface area contributed by atoms with Crippen LogP contribution in [0.3, 0.4) is 0 Å². The minimum Gasteiger partial charge on any atom is -0.324 e. The van der Waals surface area contributed by atoms with Crippen molar-refractivity contribution >= 4 is 39.2 Å². The molecular formula is C14H13BrN6. The number of para-hydroxylation sites is 1. The standard InChI is InChI=1S/C14H13BrN6/c1-9-4-2-3-5-11(9)18-14-16-8-10(15)13(20-14)19-12-6-7-17-21-12/h2-8H,1H3,(H3,16,17,18,19,20,21). The van der Waals surface area contributed by atoms with Gasteiger partial charge in [0.25, 0.3) is 0 Å². The second-order valence-electron chi connectivity index (χ2n) is 4.43. The third kappa shape index (κ3) is 3.19. The van der Waals surface area contributed by atoms with Gasteiger partial charge >= 0.3 is 0 Å². The second kappa shape index (κ2) is 5.92. The highest BCUT2D eigenvalue weighted by atomic mass is 79.9. The van der Waals surface area contributed by atoms with E-state index in [4.69, 9.17) is 0 Å². The molecule has 3 N–H and O–H groups in total. The highest BCUT2D eigenvalue weighted by Crippen LogP contribution is 2.25. The van der Waals surface area contributed by atoms with Crippen molar-refractivity contribution in [2.45, 2.75) is 6.92 Å². The Kier molecular flexibility index (Phi) is 3.83. The lowest BCUT2D eigenvalue weighted by atomic mass is 10.2. The van der Waals surface area contributed by atoms with Gasteiger partial charge < -0.3 is 10.6 Å². The van der Waals surface area contributed by atoms with Crippen LogP contribution in [-0.4, -0.2) is 20.2 Å². The van der Waals surface area contributed by atoms with Gasteiger partial charge in [-0.25, -0.2) is 4.98 Å². The average Bonchev–Trinajstić information content (AvgIpc) is 2.98. The normalized spacial score (nSPS) is 10.4. The average molecular weight is 345 g/mol. The van der Waals surface area contributed by atoms with E-state index in [0.29, 0.717) is 11.8 Å². The molecule has 0 spiro atoms. The number of anilines is 4. The van der Waals surface area contributed by atoms with Crippen LogP contribution in [0.4, 0.5) is 23.3 Å². The number of aromatic nitrogens is 4. The molecule has 0 aliphatic carbocycles. The Morgan fingerprint density at radius 1 is 1.14 bits per heavy atom. The number of aryl methyl sites for hydroxylation is 1. The summed E-state index contributed by atoms with van der Waals surface area (Å²) in [6, 6.07) is 9.81. The zero-order valence-electron chi connectivity index (χ0n) is 11.3. The van der Waals surface area contributed by atoms with Crippen molar-refractivity contribution in [1.82, 2.24) is 20.2 Å². The van der Waals surface area contributed by atoms with Gasteiger partial charge in [-0.1, -0.05) is 18.2 Å². The van der Waals surface area contributed by atoms with E-state index in [1.54, 1.807) is 12.4 Å². The first kappa shape index (κ1) is 13.6. The third-order valence-corrected chi connectivity index (χ3v) is 3.47. The van der Waals surface area contributed by atoms with Crippen LogP contribution in [0.2, 0.25) is 0 Å². The lowest BCUT2D eigenvalue weighted by Crippen LogP contribution is -2.02. The number of nitrogens with zero attached hydrogens (tertiary/aromatic N) is 3. The van der Waals surface area contributed by atoms with E-state index in [1.807, 2.05) is 37.3 Å². The maximum absolute atomic E-state index is 4.46. The zero-order valence-corrected chi connectivity index (χ0v) is 12.8. The van der Waals surface area contributed by atoms with E-state index in [9.17, 15) is 0 Å². The summed E-state index contributed by atoms with van der Waals surface area (Å²) in [7, 11) is 0. The number of rotatable bonds is 4. The molecule has 0 amide bonds. The van der Waals surface area contributed by atoms with Crippen molar-refractivity contribution in [3.05, 3.63) is 52.8 Å². The van der Waals surface area contributed by atoms with Gasteiger partial charge in [0, 0.05) is 18.0 Å². The molecule has 0 atom stereocenters. The Labute approximate surface area is 130 Å². The summed E-state index contributed by atoms with van der Waals surface area (Å²) in [6.45, 7) is 2.03. The minimum absolute atomic E-state index is 0.523. The molecule has 6 nitrogen and oxygen atoms in total. The molecule has 0 saturated carbocycles. The lowest BCUT2D eigenvalue weighted by molar-refractivity contribution is 1.08. The quantitative estimate of drug-likeness (QED) is 0.671. The molecule has 1 aromatic carbocycles. The Morgan fingerprint density at radius 2 is 2.00 bits per heavy atom. The van der Waals surface area contributed by atoms with E-state index >= 15 is 0 Å². The highest BCUT2D eigenvalue weighted by molar-refractivity contribution is 9.10. The molecule has 21 heavy (non-hydrogen) atoms. The maximum Gasteiger partial charge on any atom is 0.229 e. The van der Waals surface area contributed by atoms with Crippen molar-refractivity contribution in [2.75, 3.05) is 10.6 Å². The first-order valence-corrected chi connectivity index (χ1v) is 7.13. The monoisotopic (exact) mass is 344 g/mol. The highest BCUT2D eigenvalue weighted by Gasteiger charge is 2.07. The van der Waals surface area contributed by atoms with Crippen LogP contribution >= 0.6 is 15.9 Å². The first-order valence-electron chi connectivity index (χ1n) is 6.34. The maximum atomic E-state index is 4.46. The molecule has 0 unspecified atom stereocenters. The fourth-order valence-corrected chi connectivity index (χ4v) is 2.09. The largest absolute Gasteiger partial charge is 0.324 e. The molecule has 0 bridgehead atoms. The molecular weight excluding hydrogens is 332 g/mol. The number of H-pyrrole nitrogens is 1. The SMILES string of the molecule is Cc1ccccc1Nc1ncc(Br)c(Nc2ccn[nH]2)n1. The predicted octanol–water partition coefficient (Wildman–Crippen LogP) is 3.76. The number of halogens is 1. The zero-order chi connectivity index (χ0) is 14.7. The Bertz CT molecular complexity index is 741. The number of hydrogen-bond acceptors (Lipinski definition) is 5. The summed E-state index contributed by atoms with van der Waals surface area (Å²) >= 11 is 3.43. The summed E-state index contributed by atoms with van der Waals surface area (Å²) in [5.41, 5.74) is 2.11. The molecule has 3 rings (SSSR count). The smallest absolute Gasteiger partial charge is 0.229 e. The van der Waals surface area contributed by atoms with E-state index in [2.05, 4.69) is 46.7 Å². The van der Waals surface area contributed by atoms with Crippen molar-refractivity contribution in [2.24, 2.45) is 0 Å². The summed E-state index contributed by atoms with van der Waals surface area (Å²) in [5.74, 6) is 1.94. The first-order chi connectivity index (χ1) is 10.2. The van der Waals surface area contributed by atoms with E-state index in [-0.39, 0.29) is 0 Å². The number of aromatic amines is 1. The van der Waals surface area contributed by atoms with Gasteiger partial charge in [-0.05, 0) is 34.5 Å². The van der Waals surface area contributed by atoms with Crippen LogP contribution < -0.4 is 10.6 Å². The van der Waals surface area contributed by atoms with E-state index in [0.717, 1.165) is 21.5 Å². The van der Waals surface area contributed by atoms with Gasteiger partial charge in [-0.3, -0.25) is 5.10 Å². The molecule has 0 aliphatic rings. The molecule has 2 heterocycles. The van der Waals surface area contributed by atoms with Crippen molar-refractivity contribution in [3.63, 3.8) is 0 Å². The van der Waals surface area contributed by atoms with Gasteiger partial charge in [0.05, 0.1) is 10.7 Å². The lowest BCUT2D eigenvalue weighted by Gasteiger charge is -2.10. The summed E-state index contributed by atoms with van der Waals surface area (Å²) in [5, 5.41) is 13.1. The number of benzene rings is 1. The van der Waals surface area contributed by atoms with Crippen LogP contribution in [0, 0.1) is 6.92 Å². The Hall–Kier alpha value is -2.41. The summed E-state index contributed by atoms with van der Waals surface area (Å²) in [6.07, 6.45) is 3.37. The molecule has 3 aromatic rings. The topological polar surface area (TPSA) is 78.5 Å². The van der Waals surface area contributed by atoms with E-state index < -0.39 is 0 Å². The molecule has 106 valence electrons. The van der Waals surface area contributed by atoms with Crippen LogP contribution in [0.25, 0.3) is 0 Å². The number of hydrogen-bond donors (Lipinski definition) is 3. The van der Waals surface area contributed by atoms with Crippen LogP contribution in [0.15, 0.2) is 47.2 Å². The van der Waals surface area contributed by atoms with Gasteiger partial charge in [0.15, 0.2) is 5.82 Å². The molecule has 2 aromatic heterocycles. The Morgan fingerprint density at radius 3 is 2.76 bits per heavy atom. The van der Waals surface area contributed by atoms with Gasteiger partial charge in [0.1, 0.15) is 5.82 Å². The molecule has 0 fully saturated rings. The third-order valence-electron chi connectivity index (χ3n) is 2.89. The second-order valence-corrected chi connectivity index (χ2v) is 5.28. The van der Waals surface area contributed by atoms with Gasteiger partial charge in [-0.15, -0.1) is 0 Å². The van der Waals surface area contributed by atoms with Crippen molar-refractivity contribution < 1.29 is 0 Å². The van der Waals surface area contributed by atoms with Crippen LogP contribution in [0.1, 0.15) is 5.56 Å². The summed E-state index contributed by atoms with van der Waals surface area (Å²) in [4.78, 5) is 8.73. The molecule has 0 saturated heterocycles. The summed E-state index contributed by atoms with van der Waals surface area (Å²) < 4.78 is 0.771. The minimum atomic E-state index is 0.523. The Balaban J connectivity index is 1.85.